The number of rotatable bonds is 2. The van der Waals surface area contributed by atoms with Crippen molar-refractivity contribution < 1.29 is 4.79 Å². The summed E-state index contributed by atoms with van der Waals surface area (Å²) in [5.41, 5.74) is 6.51. The van der Waals surface area contributed by atoms with Crippen molar-refractivity contribution in [2.45, 2.75) is 0 Å². The predicted octanol–water partition coefficient (Wildman–Crippen LogP) is 0.626. The van der Waals surface area contributed by atoms with E-state index >= 15 is 0 Å². The molecule has 0 heterocycles. The van der Waals surface area contributed by atoms with E-state index in [1.807, 2.05) is 6.07 Å². The summed E-state index contributed by atoms with van der Waals surface area (Å²) >= 11 is 0. The minimum atomic E-state index is -0.473. The number of hydrogen-bond donors (Lipinski definition) is 2. The van der Waals surface area contributed by atoms with E-state index in [4.69, 9.17) is 11.0 Å². The lowest BCUT2D eigenvalue weighted by molar-refractivity contribution is -0.116. The molecular formula is C11H11N3O. The summed E-state index contributed by atoms with van der Waals surface area (Å²) < 4.78 is 0. The van der Waals surface area contributed by atoms with Gasteiger partial charge in [-0.1, -0.05) is 30.3 Å². The van der Waals surface area contributed by atoms with Gasteiger partial charge in [0.05, 0.1) is 5.70 Å². The summed E-state index contributed by atoms with van der Waals surface area (Å²) in [6.45, 7) is 0. The molecule has 3 N–H and O–H groups in total. The molecule has 0 atom stereocenters. The van der Waals surface area contributed by atoms with Gasteiger partial charge in [-0.25, -0.2) is 0 Å². The first-order valence-electron chi connectivity index (χ1n) is 4.38. The maximum absolute atomic E-state index is 11.3. The Morgan fingerprint density at radius 2 is 2.00 bits per heavy atom. The Morgan fingerprint density at radius 3 is 2.47 bits per heavy atom. The number of carbonyl (C=O) groups is 1. The van der Waals surface area contributed by atoms with Crippen LogP contribution in [0.25, 0.3) is 5.70 Å². The molecule has 0 aliphatic carbocycles. The molecular weight excluding hydrogens is 190 g/mol. The topological polar surface area (TPSA) is 78.9 Å². The van der Waals surface area contributed by atoms with Crippen molar-refractivity contribution in [2.75, 3.05) is 7.05 Å². The lowest BCUT2D eigenvalue weighted by Crippen LogP contribution is -2.22. The van der Waals surface area contributed by atoms with Gasteiger partial charge in [0.15, 0.2) is 0 Å². The Labute approximate surface area is 88.0 Å². The number of amides is 1. The quantitative estimate of drug-likeness (QED) is 0.544. The molecule has 76 valence electrons. The normalized spacial score (nSPS) is 11.2. The molecule has 4 nitrogen and oxygen atoms in total. The number of nitrogens with one attached hydrogen (secondary N) is 1. The van der Waals surface area contributed by atoms with E-state index in [0.717, 1.165) is 0 Å². The Morgan fingerprint density at radius 1 is 1.40 bits per heavy atom. The number of hydrogen-bond acceptors (Lipinski definition) is 3. The predicted molar refractivity (Wildman–Crippen MR) is 57.2 cm³/mol. The van der Waals surface area contributed by atoms with Gasteiger partial charge in [-0.2, -0.15) is 5.26 Å². The Kier molecular flexibility index (Phi) is 3.47. The van der Waals surface area contributed by atoms with E-state index in [1.165, 1.54) is 7.05 Å². The molecule has 0 saturated heterocycles. The van der Waals surface area contributed by atoms with Gasteiger partial charge in [-0.3, -0.25) is 4.79 Å². The number of nitriles is 1. The van der Waals surface area contributed by atoms with Gasteiger partial charge >= 0.3 is 0 Å². The van der Waals surface area contributed by atoms with E-state index in [9.17, 15) is 4.79 Å². The number of likely N-dealkylation sites (N-methyl/N-ethyl adjacent to an activating group) is 1. The second-order valence-electron chi connectivity index (χ2n) is 2.85. The standard InChI is InChI=1S/C11H11N3O/c1-14-11(15)9(7-12)10(13)8-5-3-2-4-6-8/h2-6H,13H2,1H3,(H,14,15)/b10-9-. The van der Waals surface area contributed by atoms with Crippen molar-refractivity contribution in [3.63, 3.8) is 0 Å². The van der Waals surface area contributed by atoms with Gasteiger partial charge in [0.25, 0.3) is 5.91 Å². The SMILES string of the molecule is CNC(=O)/C(C#N)=C(\N)c1ccccc1. The fraction of sp³-hybridized carbons (Fsp3) is 0.0909. The number of nitrogens with zero attached hydrogens (tertiary/aromatic N) is 1. The molecule has 0 spiro atoms. The van der Waals surface area contributed by atoms with Crippen LogP contribution in [0.5, 0.6) is 0 Å². The Balaban J connectivity index is 3.20. The molecule has 0 bridgehead atoms. The second-order valence-corrected chi connectivity index (χ2v) is 2.85. The van der Waals surface area contributed by atoms with Crippen LogP contribution >= 0.6 is 0 Å². The van der Waals surface area contributed by atoms with Crippen molar-refractivity contribution >= 4 is 11.6 Å². The third-order valence-electron chi connectivity index (χ3n) is 1.92. The summed E-state index contributed by atoms with van der Waals surface area (Å²) in [6, 6.07) is 10.7. The molecule has 0 aliphatic rings. The summed E-state index contributed by atoms with van der Waals surface area (Å²) in [7, 11) is 1.46. The zero-order chi connectivity index (χ0) is 11.3. The molecule has 4 heteroatoms. The van der Waals surface area contributed by atoms with Gasteiger partial charge in [0.1, 0.15) is 11.6 Å². The van der Waals surface area contributed by atoms with E-state index in [1.54, 1.807) is 30.3 Å². The van der Waals surface area contributed by atoms with E-state index in [0.29, 0.717) is 5.56 Å². The summed E-state index contributed by atoms with van der Waals surface area (Å²) in [5.74, 6) is -0.473. The van der Waals surface area contributed by atoms with Crippen LogP contribution in [0.15, 0.2) is 35.9 Å². The van der Waals surface area contributed by atoms with Gasteiger partial charge in [0, 0.05) is 7.05 Å². The van der Waals surface area contributed by atoms with E-state index in [-0.39, 0.29) is 11.3 Å². The molecule has 1 rings (SSSR count). The largest absolute Gasteiger partial charge is 0.397 e. The number of benzene rings is 1. The zero-order valence-electron chi connectivity index (χ0n) is 8.32. The van der Waals surface area contributed by atoms with Crippen LogP contribution in [0.3, 0.4) is 0 Å². The van der Waals surface area contributed by atoms with Crippen molar-refractivity contribution in [2.24, 2.45) is 5.73 Å². The van der Waals surface area contributed by atoms with Crippen LogP contribution in [0.1, 0.15) is 5.56 Å². The fourth-order valence-electron chi connectivity index (χ4n) is 1.12. The first-order valence-corrected chi connectivity index (χ1v) is 4.38. The summed E-state index contributed by atoms with van der Waals surface area (Å²) in [6.07, 6.45) is 0. The van der Waals surface area contributed by atoms with Gasteiger partial charge in [0.2, 0.25) is 0 Å². The Bertz CT molecular complexity index is 429. The van der Waals surface area contributed by atoms with Crippen molar-refractivity contribution in [1.82, 2.24) is 5.32 Å². The highest BCUT2D eigenvalue weighted by molar-refractivity contribution is 6.04. The fourth-order valence-corrected chi connectivity index (χ4v) is 1.12. The highest BCUT2D eigenvalue weighted by atomic mass is 16.1. The second kappa shape index (κ2) is 4.82. The molecule has 1 aromatic carbocycles. The lowest BCUT2D eigenvalue weighted by atomic mass is 10.1. The molecule has 0 saturated carbocycles. The molecule has 0 aromatic heterocycles. The number of carbonyl (C=O) groups excluding carboxylic acids is 1. The van der Waals surface area contributed by atoms with E-state index < -0.39 is 5.91 Å². The third-order valence-corrected chi connectivity index (χ3v) is 1.92. The molecule has 0 unspecified atom stereocenters. The summed E-state index contributed by atoms with van der Waals surface area (Å²) in [4.78, 5) is 11.3. The van der Waals surface area contributed by atoms with Gasteiger partial charge < -0.3 is 11.1 Å². The molecule has 0 radical (unpaired) electrons. The summed E-state index contributed by atoms with van der Waals surface area (Å²) in [5, 5.41) is 11.2. The lowest BCUT2D eigenvalue weighted by Gasteiger charge is -2.04. The highest BCUT2D eigenvalue weighted by Crippen LogP contribution is 2.12. The van der Waals surface area contributed by atoms with Crippen molar-refractivity contribution in [1.29, 1.82) is 5.26 Å². The first kappa shape index (κ1) is 10.8. The molecule has 0 aliphatic heterocycles. The number of nitrogens with two attached hydrogens (primary N) is 1. The van der Waals surface area contributed by atoms with Gasteiger partial charge in [-0.15, -0.1) is 0 Å². The van der Waals surface area contributed by atoms with E-state index in [2.05, 4.69) is 5.32 Å². The smallest absolute Gasteiger partial charge is 0.263 e. The maximum atomic E-state index is 11.3. The minimum Gasteiger partial charge on any atom is -0.397 e. The Hall–Kier alpha value is -2.28. The van der Waals surface area contributed by atoms with Crippen LogP contribution in [-0.2, 0) is 4.79 Å². The van der Waals surface area contributed by atoms with Crippen molar-refractivity contribution in [3.05, 3.63) is 41.5 Å². The molecule has 15 heavy (non-hydrogen) atoms. The highest BCUT2D eigenvalue weighted by Gasteiger charge is 2.12. The minimum absolute atomic E-state index is 0.0660. The van der Waals surface area contributed by atoms with Crippen LogP contribution < -0.4 is 11.1 Å². The van der Waals surface area contributed by atoms with Crippen LogP contribution in [0.2, 0.25) is 0 Å². The molecule has 0 fully saturated rings. The van der Waals surface area contributed by atoms with Crippen LogP contribution in [-0.4, -0.2) is 13.0 Å². The third kappa shape index (κ3) is 2.35. The first-order chi connectivity index (χ1) is 7.20. The van der Waals surface area contributed by atoms with Gasteiger partial charge in [-0.05, 0) is 5.56 Å². The average molecular weight is 201 g/mol. The molecule has 1 aromatic rings. The zero-order valence-corrected chi connectivity index (χ0v) is 8.32. The van der Waals surface area contributed by atoms with Crippen molar-refractivity contribution in [3.8, 4) is 6.07 Å². The average Bonchev–Trinajstić information content (AvgIpc) is 2.30. The monoisotopic (exact) mass is 201 g/mol. The molecule has 1 amide bonds. The van der Waals surface area contributed by atoms with Crippen LogP contribution in [0.4, 0.5) is 0 Å². The van der Waals surface area contributed by atoms with Crippen LogP contribution in [0, 0.1) is 11.3 Å². The maximum Gasteiger partial charge on any atom is 0.263 e.